The molecule has 0 aromatic carbocycles. The van der Waals surface area contributed by atoms with Gasteiger partial charge in [-0.15, -0.1) is 0 Å². The van der Waals surface area contributed by atoms with Gasteiger partial charge in [0.2, 0.25) is 0 Å². The van der Waals surface area contributed by atoms with Crippen LogP contribution in [0.15, 0.2) is 158 Å². The zero-order valence-electron chi connectivity index (χ0n) is 41.6. The van der Waals surface area contributed by atoms with E-state index in [1.54, 1.807) is 0 Å². The molecule has 0 saturated carbocycles. The number of hydrogen-bond acceptors (Lipinski definition) is 6. The first kappa shape index (κ1) is 61.0. The number of allylic oxidation sites excluding steroid dienone is 26. The van der Waals surface area contributed by atoms with Crippen LogP contribution in [-0.2, 0) is 28.6 Å². The molecule has 0 aromatic rings. The van der Waals surface area contributed by atoms with Gasteiger partial charge in [0, 0.05) is 19.3 Å². The quantitative estimate of drug-likeness (QED) is 0.0199. The predicted octanol–water partition coefficient (Wildman–Crippen LogP) is 17.0. The molecule has 0 aliphatic heterocycles. The number of hydrogen-bond donors (Lipinski definition) is 0. The molecule has 1 unspecified atom stereocenters. The summed E-state index contributed by atoms with van der Waals surface area (Å²) in [7, 11) is 0. The summed E-state index contributed by atoms with van der Waals surface area (Å²) >= 11 is 0. The highest BCUT2D eigenvalue weighted by Crippen LogP contribution is 2.12. The molecule has 0 bridgehead atoms. The zero-order valence-corrected chi connectivity index (χ0v) is 41.6. The number of rotatable bonds is 43. The first-order valence-corrected chi connectivity index (χ1v) is 25.6. The highest BCUT2D eigenvalue weighted by Gasteiger charge is 2.19. The third-order valence-electron chi connectivity index (χ3n) is 9.92. The molecule has 0 aliphatic carbocycles. The second kappa shape index (κ2) is 52.7. The Morgan fingerprint density at radius 1 is 0.318 bits per heavy atom. The molecule has 66 heavy (non-hydrogen) atoms. The van der Waals surface area contributed by atoms with Gasteiger partial charge in [-0.1, -0.05) is 217 Å². The summed E-state index contributed by atoms with van der Waals surface area (Å²) < 4.78 is 16.7. The van der Waals surface area contributed by atoms with Crippen molar-refractivity contribution in [2.24, 2.45) is 0 Å². The van der Waals surface area contributed by atoms with Gasteiger partial charge in [-0.05, 0) is 103 Å². The molecule has 6 nitrogen and oxygen atoms in total. The maximum Gasteiger partial charge on any atom is 0.306 e. The molecule has 0 radical (unpaired) electrons. The van der Waals surface area contributed by atoms with E-state index in [9.17, 15) is 14.4 Å². The number of carbonyl (C=O) groups excluding carboxylic acids is 3. The summed E-state index contributed by atoms with van der Waals surface area (Å²) in [6, 6.07) is 0. The second-order valence-electron chi connectivity index (χ2n) is 16.1. The molecular weight excluding hydrogens is 817 g/mol. The fourth-order valence-corrected chi connectivity index (χ4v) is 6.19. The van der Waals surface area contributed by atoms with Crippen LogP contribution in [0.4, 0.5) is 0 Å². The number of esters is 3. The first-order valence-electron chi connectivity index (χ1n) is 25.6. The molecule has 0 N–H and O–H groups in total. The molecule has 366 valence electrons. The van der Waals surface area contributed by atoms with Gasteiger partial charge in [-0.3, -0.25) is 14.4 Å². The van der Waals surface area contributed by atoms with Gasteiger partial charge < -0.3 is 14.2 Å². The standard InChI is InChI=1S/C60H90O6/c1-4-7-10-13-16-19-22-25-28-30-32-35-38-41-44-47-50-53-59(62)65-56-57(55-64-58(61)52-49-46-43-40-37-34-27-24-21-18-15-12-9-6-3)66-60(63)54-51-48-45-42-39-36-33-31-29-26-23-20-17-14-11-8-5-2/h7-13,16-22,25-26,28-30,32-33,35-36,38,42,45,57H,4-6,14-15,23-24,27,31,34,37,39-41,43-44,46-56H2,1-3H3/b10-7-,11-8-,12-9-,16-13-,20-17-,21-18-,22-19-,28-25-,29-26-,32-30+,36-33-,38-35-,45-42-. The van der Waals surface area contributed by atoms with Gasteiger partial charge in [-0.25, -0.2) is 0 Å². The van der Waals surface area contributed by atoms with Crippen LogP contribution in [0, 0.1) is 0 Å². The Morgan fingerprint density at radius 3 is 1.09 bits per heavy atom. The fraction of sp³-hybridized carbons (Fsp3) is 0.517. The highest BCUT2D eigenvalue weighted by molar-refractivity contribution is 5.71. The van der Waals surface area contributed by atoms with Gasteiger partial charge in [0.15, 0.2) is 6.10 Å². The normalized spacial score (nSPS) is 13.4. The summed E-state index contributed by atoms with van der Waals surface area (Å²) in [6.07, 6.45) is 76.5. The maximum atomic E-state index is 12.8. The molecule has 0 saturated heterocycles. The van der Waals surface area contributed by atoms with Gasteiger partial charge in [0.25, 0.3) is 0 Å². The molecule has 0 rings (SSSR count). The monoisotopic (exact) mass is 907 g/mol. The van der Waals surface area contributed by atoms with E-state index in [0.29, 0.717) is 19.3 Å². The summed E-state index contributed by atoms with van der Waals surface area (Å²) in [5.41, 5.74) is 0. The van der Waals surface area contributed by atoms with Crippen LogP contribution in [0.2, 0.25) is 0 Å². The van der Waals surface area contributed by atoms with E-state index in [2.05, 4.69) is 118 Å². The lowest BCUT2D eigenvalue weighted by Crippen LogP contribution is -2.30. The van der Waals surface area contributed by atoms with Crippen molar-refractivity contribution < 1.29 is 28.6 Å². The van der Waals surface area contributed by atoms with E-state index in [-0.39, 0.29) is 44.0 Å². The van der Waals surface area contributed by atoms with E-state index in [1.165, 1.54) is 25.7 Å². The third-order valence-corrected chi connectivity index (χ3v) is 9.92. The molecule has 0 aliphatic rings. The van der Waals surface area contributed by atoms with Crippen molar-refractivity contribution >= 4 is 17.9 Å². The third kappa shape index (κ3) is 50.0. The van der Waals surface area contributed by atoms with Crippen molar-refractivity contribution in [3.05, 3.63) is 158 Å². The van der Waals surface area contributed by atoms with Crippen molar-refractivity contribution in [1.82, 2.24) is 0 Å². The Bertz CT molecular complexity index is 1560. The lowest BCUT2D eigenvalue weighted by molar-refractivity contribution is -0.167. The van der Waals surface area contributed by atoms with E-state index in [1.807, 2.05) is 60.8 Å². The topological polar surface area (TPSA) is 78.9 Å². The van der Waals surface area contributed by atoms with Gasteiger partial charge in [0.05, 0.1) is 0 Å². The minimum atomic E-state index is -0.837. The number of carbonyl (C=O) groups is 3. The van der Waals surface area contributed by atoms with Gasteiger partial charge in [-0.2, -0.15) is 0 Å². The Kier molecular flexibility index (Phi) is 48.7. The van der Waals surface area contributed by atoms with Crippen molar-refractivity contribution in [2.45, 2.75) is 187 Å². The fourth-order valence-electron chi connectivity index (χ4n) is 6.19. The Hall–Kier alpha value is -4.97. The SMILES string of the molecule is CC\C=C/C=C\C=C/C=C\C=C\C=C/CCCCCC(=O)OCC(COC(=O)CCCCCCCCC/C=C\C/C=C\CC)OC(=O)CCC/C=C\C/C=C\C/C=C\C/C=C\C/C=C\CC. The van der Waals surface area contributed by atoms with Crippen LogP contribution >= 0.6 is 0 Å². The maximum absolute atomic E-state index is 12.8. The predicted molar refractivity (Wildman–Crippen MR) is 283 cm³/mol. The summed E-state index contributed by atoms with van der Waals surface area (Å²) in [6.45, 7) is 6.15. The van der Waals surface area contributed by atoms with Crippen LogP contribution in [-0.4, -0.2) is 37.2 Å². The lowest BCUT2D eigenvalue weighted by Gasteiger charge is -2.18. The molecule has 1 atom stereocenters. The summed E-state index contributed by atoms with van der Waals surface area (Å²) in [5, 5.41) is 0. The highest BCUT2D eigenvalue weighted by atomic mass is 16.6. The van der Waals surface area contributed by atoms with Crippen LogP contribution in [0.5, 0.6) is 0 Å². The average molecular weight is 907 g/mol. The lowest BCUT2D eigenvalue weighted by atomic mass is 10.1. The average Bonchev–Trinajstić information content (AvgIpc) is 3.31. The van der Waals surface area contributed by atoms with E-state index in [0.717, 1.165) is 103 Å². The second-order valence-corrected chi connectivity index (χ2v) is 16.1. The molecule has 0 fully saturated rings. The Morgan fingerprint density at radius 2 is 0.636 bits per heavy atom. The van der Waals surface area contributed by atoms with E-state index in [4.69, 9.17) is 14.2 Å². The minimum absolute atomic E-state index is 0.127. The van der Waals surface area contributed by atoms with Crippen molar-refractivity contribution in [2.75, 3.05) is 13.2 Å². The number of ether oxygens (including phenoxy) is 3. The largest absolute Gasteiger partial charge is 0.462 e. The molecule has 0 spiro atoms. The van der Waals surface area contributed by atoms with Gasteiger partial charge in [0.1, 0.15) is 13.2 Å². The molecule has 6 heteroatoms. The van der Waals surface area contributed by atoms with Gasteiger partial charge >= 0.3 is 17.9 Å². The first-order chi connectivity index (χ1) is 32.5. The van der Waals surface area contributed by atoms with Crippen LogP contribution in [0.25, 0.3) is 0 Å². The summed E-state index contributed by atoms with van der Waals surface area (Å²) in [5.74, 6) is -1.05. The van der Waals surface area contributed by atoms with Crippen LogP contribution in [0.1, 0.15) is 181 Å². The van der Waals surface area contributed by atoms with Crippen molar-refractivity contribution in [3.63, 3.8) is 0 Å². The number of unbranched alkanes of at least 4 members (excludes halogenated alkanes) is 11. The molecular formula is C60H90O6. The minimum Gasteiger partial charge on any atom is -0.462 e. The molecule has 0 amide bonds. The van der Waals surface area contributed by atoms with Crippen LogP contribution in [0.3, 0.4) is 0 Å². The Balaban J connectivity index is 4.63. The zero-order chi connectivity index (χ0) is 47.9. The van der Waals surface area contributed by atoms with Crippen LogP contribution < -0.4 is 0 Å². The smallest absolute Gasteiger partial charge is 0.306 e. The van der Waals surface area contributed by atoms with Crippen molar-refractivity contribution in [3.8, 4) is 0 Å². The van der Waals surface area contributed by atoms with E-state index >= 15 is 0 Å². The Labute approximate surface area is 403 Å². The van der Waals surface area contributed by atoms with Crippen molar-refractivity contribution in [1.29, 1.82) is 0 Å². The molecule has 0 aromatic heterocycles. The van der Waals surface area contributed by atoms with E-state index < -0.39 is 6.10 Å². The molecule has 0 heterocycles. The summed E-state index contributed by atoms with van der Waals surface area (Å²) in [4.78, 5) is 38.0.